The highest BCUT2D eigenvalue weighted by atomic mass is 32.1. The van der Waals surface area contributed by atoms with E-state index in [0.29, 0.717) is 49.8 Å². The smallest absolute Gasteiger partial charge is 0.338 e. The van der Waals surface area contributed by atoms with Gasteiger partial charge in [0.05, 0.1) is 43.2 Å². The van der Waals surface area contributed by atoms with Gasteiger partial charge in [-0.1, -0.05) is 66.8 Å². The lowest BCUT2D eigenvalue weighted by atomic mass is 9.92. The number of phenolic OH excluding ortho intramolecular Hbond substituents is 1. The highest BCUT2D eigenvalue weighted by Crippen LogP contribution is 2.42. The quantitative estimate of drug-likeness (QED) is 0.268. The summed E-state index contributed by atoms with van der Waals surface area (Å²) >= 11 is 1.20. The number of esters is 1. The Morgan fingerprint density at radius 3 is 2.49 bits per heavy atom. The minimum atomic E-state index is -0.927. The van der Waals surface area contributed by atoms with Gasteiger partial charge >= 0.3 is 5.97 Å². The summed E-state index contributed by atoms with van der Waals surface area (Å²) in [6, 6.07) is 18.7. The molecule has 10 heteroatoms. The number of hydrogen-bond acceptors (Lipinski definition) is 9. The molecule has 1 aromatic heterocycles. The summed E-state index contributed by atoms with van der Waals surface area (Å²) in [5, 5.41) is 10.1. The standard InChI is InChI=1S/C33H32N2O7S/c1-5-17-42-30-22(13-10-14-24(30)39-3)29-27(32(38)41-6-2)28(21-11-8-7-9-12-21)34-33-35(29)31(37)26(43-33)19-20-15-16-23(36)25(18-20)40-4/h7-16,18-19,29,36H,5-6,17H2,1-4H3/t29-/m0/s1. The minimum absolute atomic E-state index is 0.00896. The van der Waals surface area contributed by atoms with Crippen LogP contribution in [0.3, 0.4) is 0 Å². The van der Waals surface area contributed by atoms with E-state index in [1.165, 1.54) is 29.1 Å². The van der Waals surface area contributed by atoms with Gasteiger partial charge in [-0.3, -0.25) is 9.36 Å². The SMILES string of the molecule is CCCOc1c(OC)cccc1[C@H]1C(C(=O)OCC)=C(c2ccccc2)N=c2sc(=Cc3ccc(O)c(OC)c3)c(=O)n21. The number of phenols is 1. The van der Waals surface area contributed by atoms with Crippen LogP contribution in [-0.4, -0.2) is 43.1 Å². The summed E-state index contributed by atoms with van der Waals surface area (Å²) in [6.07, 6.45) is 2.45. The van der Waals surface area contributed by atoms with Crippen LogP contribution >= 0.6 is 11.3 Å². The number of fused-ring (bicyclic) bond motifs is 1. The lowest BCUT2D eigenvalue weighted by Gasteiger charge is -2.27. The van der Waals surface area contributed by atoms with Crippen molar-refractivity contribution in [2.75, 3.05) is 27.4 Å². The third-order valence-corrected chi connectivity index (χ3v) is 7.83. The van der Waals surface area contributed by atoms with Crippen molar-refractivity contribution in [1.29, 1.82) is 0 Å². The Morgan fingerprint density at radius 1 is 1.02 bits per heavy atom. The van der Waals surface area contributed by atoms with Crippen molar-refractivity contribution in [2.24, 2.45) is 4.99 Å². The summed E-state index contributed by atoms with van der Waals surface area (Å²) in [7, 11) is 3.01. The fourth-order valence-electron chi connectivity index (χ4n) is 4.94. The van der Waals surface area contributed by atoms with Crippen molar-refractivity contribution in [3.05, 3.63) is 109 Å². The lowest BCUT2D eigenvalue weighted by Crippen LogP contribution is -2.40. The molecular weight excluding hydrogens is 568 g/mol. The van der Waals surface area contributed by atoms with Crippen LogP contribution in [0.15, 0.2) is 82.1 Å². The predicted molar refractivity (Wildman–Crippen MR) is 164 cm³/mol. The number of methoxy groups -OCH3 is 2. The van der Waals surface area contributed by atoms with E-state index in [4.69, 9.17) is 23.9 Å². The Morgan fingerprint density at radius 2 is 1.79 bits per heavy atom. The Labute approximate surface area is 252 Å². The summed E-state index contributed by atoms with van der Waals surface area (Å²) in [4.78, 5) is 33.3. The first-order chi connectivity index (χ1) is 20.9. The molecule has 1 aliphatic heterocycles. The van der Waals surface area contributed by atoms with Gasteiger partial charge in [0.15, 0.2) is 27.8 Å². The zero-order valence-corrected chi connectivity index (χ0v) is 25.1. The second-order valence-electron chi connectivity index (χ2n) is 9.59. The largest absolute Gasteiger partial charge is 0.504 e. The monoisotopic (exact) mass is 600 g/mol. The van der Waals surface area contributed by atoms with Gasteiger partial charge in [0, 0.05) is 11.1 Å². The van der Waals surface area contributed by atoms with Crippen LogP contribution < -0.4 is 29.1 Å². The number of carbonyl (C=O) groups is 1. The molecule has 9 nitrogen and oxygen atoms in total. The molecule has 0 bridgehead atoms. The fraction of sp³-hybridized carbons (Fsp3) is 0.242. The van der Waals surface area contributed by atoms with E-state index < -0.39 is 12.0 Å². The zero-order chi connectivity index (χ0) is 30.5. The fourth-order valence-corrected chi connectivity index (χ4v) is 5.94. The van der Waals surface area contributed by atoms with Gasteiger partial charge in [-0.15, -0.1) is 0 Å². The second kappa shape index (κ2) is 13.0. The van der Waals surface area contributed by atoms with E-state index in [1.807, 2.05) is 43.3 Å². The lowest BCUT2D eigenvalue weighted by molar-refractivity contribution is -0.138. The van der Waals surface area contributed by atoms with E-state index in [1.54, 1.807) is 44.4 Å². The molecule has 5 rings (SSSR count). The first-order valence-electron chi connectivity index (χ1n) is 13.9. The maximum absolute atomic E-state index is 14.2. The Kier molecular flexibility index (Phi) is 8.96. The van der Waals surface area contributed by atoms with Crippen molar-refractivity contribution < 1.29 is 28.8 Å². The molecule has 0 unspecified atom stereocenters. The molecule has 43 heavy (non-hydrogen) atoms. The second-order valence-corrected chi connectivity index (χ2v) is 10.6. The molecule has 0 amide bonds. The van der Waals surface area contributed by atoms with E-state index in [2.05, 4.69) is 0 Å². The van der Waals surface area contributed by atoms with Gasteiger partial charge in [-0.05, 0) is 43.2 Å². The maximum atomic E-state index is 14.2. The van der Waals surface area contributed by atoms with Crippen LogP contribution in [0.2, 0.25) is 0 Å². The summed E-state index contributed by atoms with van der Waals surface area (Å²) in [5.41, 5.74) is 2.20. The average molecular weight is 601 g/mol. The van der Waals surface area contributed by atoms with Gasteiger partial charge in [0.25, 0.3) is 5.56 Å². The number of carbonyl (C=O) groups excluding carboxylic acids is 1. The normalized spacial score (nSPS) is 14.6. The van der Waals surface area contributed by atoms with E-state index >= 15 is 0 Å². The molecule has 0 fully saturated rings. The molecule has 0 radical (unpaired) electrons. The number of aromatic hydroxyl groups is 1. The maximum Gasteiger partial charge on any atom is 0.338 e. The predicted octanol–water partition coefficient (Wildman–Crippen LogP) is 4.45. The number of hydrogen-bond donors (Lipinski definition) is 1. The van der Waals surface area contributed by atoms with Crippen LogP contribution in [-0.2, 0) is 9.53 Å². The number of rotatable bonds is 10. The number of benzene rings is 3. The third kappa shape index (κ3) is 5.78. The number of thiazole rings is 1. The molecule has 0 aliphatic carbocycles. The Bertz CT molecular complexity index is 1860. The Hall–Kier alpha value is -4.83. The van der Waals surface area contributed by atoms with Gasteiger partial charge in [0.2, 0.25) is 0 Å². The Balaban J connectivity index is 1.86. The van der Waals surface area contributed by atoms with E-state index in [9.17, 15) is 14.7 Å². The van der Waals surface area contributed by atoms with Gasteiger partial charge in [-0.2, -0.15) is 0 Å². The van der Waals surface area contributed by atoms with Gasteiger partial charge < -0.3 is 24.1 Å². The molecule has 1 aliphatic rings. The highest BCUT2D eigenvalue weighted by molar-refractivity contribution is 7.07. The average Bonchev–Trinajstić information content (AvgIpc) is 3.34. The topological polar surface area (TPSA) is 109 Å². The van der Waals surface area contributed by atoms with Crippen LogP contribution in [0, 0.1) is 0 Å². The van der Waals surface area contributed by atoms with Crippen LogP contribution in [0.25, 0.3) is 11.8 Å². The van der Waals surface area contributed by atoms with Crippen molar-refractivity contribution in [2.45, 2.75) is 26.3 Å². The van der Waals surface area contributed by atoms with Crippen molar-refractivity contribution in [1.82, 2.24) is 4.57 Å². The minimum Gasteiger partial charge on any atom is -0.504 e. The third-order valence-electron chi connectivity index (χ3n) is 6.85. The van der Waals surface area contributed by atoms with E-state index in [0.717, 1.165) is 6.42 Å². The van der Waals surface area contributed by atoms with Crippen LogP contribution in [0.1, 0.15) is 43.0 Å². The molecule has 1 atom stereocenters. The summed E-state index contributed by atoms with van der Waals surface area (Å²) < 4.78 is 24.6. The molecule has 2 heterocycles. The van der Waals surface area contributed by atoms with Crippen LogP contribution in [0.5, 0.6) is 23.0 Å². The first kappa shape index (κ1) is 29.7. The molecule has 222 valence electrons. The van der Waals surface area contributed by atoms with Crippen LogP contribution in [0.4, 0.5) is 0 Å². The molecular formula is C33H32N2O7S. The van der Waals surface area contributed by atoms with Crippen molar-refractivity contribution >= 4 is 29.1 Å². The van der Waals surface area contributed by atoms with Crippen molar-refractivity contribution in [3.63, 3.8) is 0 Å². The summed E-state index contributed by atoms with van der Waals surface area (Å²) in [5.74, 6) is 0.600. The van der Waals surface area contributed by atoms with Gasteiger partial charge in [0.1, 0.15) is 6.04 Å². The molecule has 1 N–H and O–H groups in total. The molecule has 3 aromatic carbocycles. The number of para-hydroxylation sites is 1. The molecule has 0 saturated carbocycles. The molecule has 0 spiro atoms. The highest BCUT2D eigenvalue weighted by Gasteiger charge is 2.37. The number of nitrogens with zero attached hydrogens (tertiary/aromatic N) is 2. The first-order valence-corrected chi connectivity index (χ1v) is 14.7. The van der Waals surface area contributed by atoms with Gasteiger partial charge in [-0.25, -0.2) is 9.79 Å². The molecule has 4 aromatic rings. The summed E-state index contributed by atoms with van der Waals surface area (Å²) in [6.45, 7) is 4.27. The zero-order valence-electron chi connectivity index (χ0n) is 24.3. The number of ether oxygens (including phenoxy) is 4. The number of aromatic nitrogens is 1. The molecule has 0 saturated heterocycles. The van der Waals surface area contributed by atoms with E-state index in [-0.39, 0.29) is 29.2 Å². The van der Waals surface area contributed by atoms with Crippen molar-refractivity contribution in [3.8, 4) is 23.0 Å².